The van der Waals surface area contributed by atoms with Crippen LogP contribution >= 0.6 is 0 Å². The minimum Gasteiger partial charge on any atom is -0.503 e. The molecule has 55 heavy (non-hydrogen) atoms. The van der Waals surface area contributed by atoms with Crippen molar-refractivity contribution in [2.45, 2.75) is 64.6 Å². The monoisotopic (exact) mass is 747 g/mol. The second kappa shape index (κ2) is 17.8. The summed E-state index contributed by atoms with van der Waals surface area (Å²) in [6.07, 6.45) is -1.54. The molecule has 4 aromatic carbocycles. The summed E-state index contributed by atoms with van der Waals surface area (Å²) in [6.45, 7) is 4.83. The van der Waals surface area contributed by atoms with E-state index in [0.29, 0.717) is 22.6 Å². The number of nitrogens with zero attached hydrogens (tertiary/aromatic N) is 2. The van der Waals surface area contributed by atoms with Crippen molar-refractivity contribution in [3.05, 3.63) is 153 Å². The number of carboxylic acid groups (broad SMARTS) is 1. The average molecular weight is 748 g/mol. The van der Waals surface area contributed by atoms with Gasteiger partial charge in [-0.15, -0.1) is 0 Å². The van der Waals surface area contributed by atoms with Gasteiger partial charge in [0.1, 0.15) is 5.76 Å². The van der Waals surface area contributed by atoms with Gasteiger partial charge in [0.25, 0.3) is 17.5 Å². The van der Waals surface area contributed by atoms with Crippen molar-refractivity contribution < 1.29 is 43.5 Å². The fourth-order valence-corrected chi connectivity index (χ4v) is 6.20. The molecule has 5 aromatic rings. The van der Waals surface area contributed by atoms with E-state index in [-0.39, 0.29) is 24.4 Å². The summed E-state index contributed by atoms with van der Waals surface area (Å²) < 4.78 is 11.3. The van der Waals surface area contributed by atoms with Crippen molar-refractivity contribution in [3.8, 4) is 0 Å². The number of ether oxygens (including phenoxy) is 1. The van der Waals surface area contributed by atoms with Crippen molar-refractivity contribution in [2.24, 2.45) is 0 Å². The third-order valence-corrected chi connectivity index (χ3v) is 9.04. The Morgan fingerprint density at radius 1 is 0.836 bits per heavy atom. The summed E-state index contributed by atoms with van der Waals surface area (Å²) in [7, 11) is 0. The molecule has 3 N–H and O–H groups in total. The Morgan fingerprint density at radius 2 is 1.51 bits per heavy atom. The number of fused-ring (bicyclic) bond motifs is 1. The van der Waals surface area contributed by atoms with E-state index in [9.17, 15) is 39.5 Å². The largest absolute Gasteiger partial charge is 0.503 e. The number of aliphatic hydroxyl groups excluding tert-OH is 1. The fraction of sp³-hybridized carbons (Fsp3) is 0.238. The second-order valence-corrected chi connectivity index (χ2v) is 13.3. The minimum atomic E-state index is -1.25. The van der Waals surface area contributed by atoms with Crippen LogP contribution in [0.15, 0.2) is 125 Å². The number of nitro benzene ring substituents is 1. The number of carboxylic acids is 1. The lowest BCUT2D eigenvalue weighted by atomic mass is 9.87. The first-order valence-electron chi connectivity index (χ1n) is 17.6. The Labute approximate surface area is 317 Å². The molecule has 0 aliphatic heterocycles. The average Bonchev–Trinajstić information content (AvgIpc) is 3.64. The number of furan rings is 1. The summed E-state index contributed by atoms with van der Waals surface area (Å²) in [6, 6.07) is 30.3. The van der Waals surface area contributed by atoms with E-state index in [0.717, 1.165) is 10.8 Å². The van der Waals surface area contributed by atoms with Gasteiger partial charge in [-0.2, -0.15) is 0 Å². The number of carbonyl (C=O) groups is 4. The first kappa shape index (κ1) is 39.4. The zero-order chi connectivity index (χ0) is 39.6. The van der Waals surface area contributed by atoms with Crippen LogP contribution in [0.25, 0.3) is 10.8 Å². The standard InChI is InChI=1S/C42H41N3O10/c1-26(2)54-42(51)35(20-22-38(46)47)39(48)41(50)44(25-28-13-14-29-9-7-8-10-31(29)23-28)27(3)36(30-15-17-33(18-16-30)45(52)53)24-34-19-21-37(55-34)40(49)43-32-11-5-4-6-12-32/h4-19,21,23,26-27,36,48H,20,22,24-25H2,1-3H3,(H,43,49)(H,46,47). The fourth-order valence-electron chi connectivity index (χ4n) is 6.20. The number of benzene rings is 4. The first-order chi connectivity index (χ1) is 26.3. The maximum Gasteiger partial charge on any atom is 0.338 e. The highest BCUT2D eigenvalue weighted by atomic mass is 16.6. The van der Waals surface area contributed by atoms with Crippen LogP contribution in [0.4, 0.5) is 11.4 Å². The van der Waals surface area contributed by atoms with Crippen molar-refractivity contribution in [1.29, 1.82) is 0 Å². The predicted octanol–water partition coefficient (Wildman–Crippen LogP) is 7.97. The first-order valence-corrected chi connectivity index (χ1v) is 17.6. The summed E-state index contributed by atoms with van der Waals surface area (Å²) in [5.74, 6) is -4.92. The van der Waals surface area contributed by atoms with Crippen LogP contribution in [0.3, 0.4) is 0 Å². The molecule has 0 radical (unpaired) electrons. The van der Waals surface area contributed by atoms with Crippen LogP contribution in [0.5, 0.6) is 0 Å². The number of nitrogens with one attached hydrogen (secondary N) is 1. The van der Waals surface area contributed by atoms with E-state index in [4.69, 9.17) is 9.15 Å². The van der Waals surface area contributed by atoms with Crippen LogP contribution in [-0.2, 0) is 32.1 Å². The number of non-ortho nitro benzene ring substituents is 1. The minimum absolute atomic E-state index is 0.0327. The SMILES string of the molecule is CC(C)OC(=O)C(CCC(=O)O)=C(O)C(=O)N(Cc1ccc2ccccc2c1)C(C)C(Cc1ccc(C(=O)Nc2ccccc2)o1)c1ccc([N+](=O)[O-])cc1. The normalized spacial score (nSPS) is 12.7. The number of aliphatic carboxylic acids is 1. The summed E-state index contributed by atoms with van der Waals surface area (Å²) in [4.78, 5) is 64.6. The van der Waals surface area contributed by atoms with E-state index in [1.165, 1.54) is 23.1 Å². The maximum atomic E-state index is 14.5. The van der Waals surface area contributed by atoms with Gasteiger partial charge in [0.05, 0.1) is 16.6 Å². The number of carbonyl (C=O) groups excluding carboxylic acids is 3. The molecule has 2 amide bonds. The molecule has 2 atom stereocenters. The molecule has 1 heterocycles. The van der Waals surface area contributed by atoms with Crippen LogP contribution in [0, 0.1) is 10.1 Å². The summed E-state index contributed by atoms with van der Waals surface area (Å²) in [5.41, 5.74) is 1.20. The van der Waals surface area contributed by atoms with E-state index >= 15 is 0 Å². The van der Waals surface area contributed by atoms with E-state index in [1.807, 2.05) is 48.5 Å². The number of aliphatic hydroxyl groups is 1. The number of hydrogen-bond acceptors (Lipinski definition) is 9. The highest BCUT2D eigenvalue weighted by Gasteiger charge is 2.34. The molecule has 0 fully saturated rings. The molecule has 5 rings (SSSR count). The van der Waals surface area contributed by atoms with Crippen LogP contribution in [0.2, 0.25) is 0 Å². The second-order valence-electron chi connectivity index (χ2n) is 13.3. The summed E-state index contributed by atoms with van der Waals surface area (Å²) in [5, 5.41) is 37.1. The molecule has 2 unspecified atom stereocenters. The zero-order valence-electron chi connectivity index (χ0n) is 30.5. The van der Waals surface area contributed by atoms with Gasteiger partial charge in [0.15, 0.2) is 11.5 Å². The van der Waals surface area contributed by atoms with E-state index in [2.05, 4.69) is 5.32 Å². The van der Waals surface area contributed by atoms with E-state index in [1.54, 1.807) is 63.2 Å². The summed E-state index contributed by atoms with van der Waals surface area (Å²) >= 11 is 0. The van der Waals surface area contributed by atoms with Gasteiger partial charge in [0.2, 0.25) is 0 Å². The lowest BCUT2D eigenvalue weighted by Gasteiger charge is -2.35. The molecule has 0 aliphatic rings. The molecular formula is C42H41N3O10. The lowest BCUT2D eigenvalue weighted by molar-refractivity contribution is -0.384. The number of rotatable bonds is 16. The molecule has 0 aliphatic carbocycles. The third kappa shape index (κ3) is 10.2. The number of anilines is 1. The van der Waals surface area contributed by atoms with Crippen molar-refractivity contribution in [3.63, 3.8) is 0 Å². The number of amides is 2. The van der Waals surface area contributed by atoms with Gasteiger partial charge in [-0.1, -0.05) is 66.7 Å². The topological polar surface area (TPSA) is 190 Å². The number of para-hydroxylation sites is 1. The van der Waals surface area contributed by atoms with E-state index < -0.39 is 70.9 Å². The van der Waals surface area contributed by atoms with Gasteiger partial charge >= 0.3 is 11.9 Å². The van der Waals surface area contributed by atoms with Crippen LogP contribution in [0.1, 0.15) is 67.0 Å². The molecule has 0 saturated heterocycles. The Morgan fingerprint density at radius 3 is 2.16 bits per heavy atom. The number of hydrogen-bond donors (Lipinski definition) is 3. The molecule has 13 heteroatoms. The van der Waals surface area contributed by atoms with Gasteiger partial charge < -0.3 is 29.6 Å². The van der Waals surface area contributed by atoms with Crippen molar-refractivity contribution in [2.75, 3.05) is 5.32 Å². The highest BCUT2D eigenvalue weighted by molar-refractivity contribution is 6.02. The molecular weight excluding hydrogens is 706 g/mol. The van der Waals surface area contributed by atoms with Crippen LogP contribution in [-0.4, -0.2) is 55.9 Å². The molecule has 0 bridgehead atoms. The van der Waals surface area contributed by atoms with Gasteiger partial charge in [-0.25, -0.2) is 4.79 Å². The molecule has 1 aromatic heterocycles. The van der Waals surface area contributed by atoms with Gasteiger partial charge in [-0.3, -0.25) is 24.5 Å². The number of esters is 1. The lowest BCUT2D eigenvalue weighted by Crippen LogP contribution is -2.43. The smallest absolute Gasteiger partial charge is 0.338 e. The Balaban J connectivity index is 1.58. The maximum absolute atomic E-state index is 14.5. The third-order valence-electron chi connectivity index (χ3n) is 9.04. The molecule has 13 nitrogen and oxygen atoms in total. The van der Waals surface area contributed by atoms with Crippen LogP contribution < -0.4 is 5.32 Å². The predicted molar refractivity (Wildman–Crippen MR) is 204 cm³/mol. The highest BCUT2D eigenvalue weighted by Crippen LogP contribution is 2.32. The molecule has 0 saturated carbocycles. The Bertz CT molecular complexity index is 2210. The van der Waals surface area contributed by atoms with Crippen molar-refractivity contribution >= 4 is 45.9 Å². The molecule has 284 valence electrons. The van der Waals surface area contributed by atoms with Gasteiger partial charge in [0, 0.05) is 49.2 Å². The quantitative estimate of drug-likeness (QED) is 0.0293. The zero-order valence-corrected chi connectivity index (χ0v) is 30.5. The Hall–Kier alpha value is -6.76. The van der Waals surface area contributed by atoms with Crippen molar-refractivity contribution in [1.82, 2.24) is 4.90 Å². The molecule has 0 spiro atoms. The number of nitro groups is 1. The van der Waals surface area contributed by atoms with Gasteiger partial charge in [-0.05, 0) is 79.4 Å². The Kier molecular flexibility index (Phi) is 12.8.